The zero-order chi connectivity index (χ0) is 25.2. The van der Waals surface area contributed by atoms with Crippen LogP contribution in [0.1, 0.15) is 18.5 Å². The van der Waals surface area contributed by atoms with Gasteiger partial charge in [0.05, 0.1) is 36.1 Å². The highest BCUT2D eigenvalue weighted by atomic mass is 19.1. The second kappa shape index (κ2) is 10.0. The first-order valence-corrected chi connectivity index (χ1v) is 11.8. The average Bonchev–Trinajstić information content (AvgIpc) is 3.20. The molecule has 4 aromatic rings. The predicted molar refractivity (Wildman–Crippen MR) is 135 cm³/mol. The molecule has 2 aromatic carbocycles. The van der Waals surface area contributed by atoms with Crippen molar-refractivity contribution in [3.05, 3.63) is 88.6 Å². The van der Waals surface area contributed by atoms with Gasteiger partial charge in [-0.3, -0.25) is 9.48 Å². The maximum Gasteiger partial charge on any atom is 0.275 e. The maximum atomic E-state index is 13.7. The van der Waals surface area contributed by atoms with E-state index in [0.717, 1.165) is 5.56 Å². The quantitative estimate of drug-likeness (QED) is 0.420. The molecule has 0 spiro atoms. The Morgan fingerprint density at radius 1 is 0.972 bits per heavy atom. The Hall–Kier alpha value is -3.82. The van der Waals surface area contributed by atoms with Crippen LogP contribution in [0.15, 0.2) is 71.7 Å². The lowest BCUT2D eigenvalue weighted by molar-refractivity contribution is -0.0737. The van der Waals surface area contributed by atoms with Crippen LogP contribution in [0.5, 0.6) is 0 Å². The van der Waals surface area contributed by atoms with Crippen LogP contribution in [0.3, 0.4) is 0 Å². The molecule has 3 atom stereocenters. The van der Waals surface area contributed by atoms with Crippen molar-refractivity contribution in [1.29, 1.82) is 0 Å². The van der Waals surface area contributed by atoms with Crippen molar-refractivity contribution in [2.75, 3.05) is 19.5 Å². The van der Waals surface area contributed by atoms with E-state index in [0.29, 0.717) is 41.6 Å². The zero-order valence-electron chi connectivity index (χ0n) is 20.4. The number of rotatable bonds is 7. The molecule has 0 aliphatic carbocycles. The van der Waals surface area contributed by atoms with Gasteiger partial charge in [0.1, 0.15) is 18.0 Å². The van der Waals surface area contributed by atoms with Gasteiger partial charge in [-0.1, -0.05) is 42.5 Å². The van der Waals surface area contributed by atoms with E-state index in [1.54, 1.807) is 43.3 Å². The van der Waals surface area contributed by atoms with Gasteiger partial charge in [0, 0.05) is 20.4 Å². The monoisotopic (exact) mass is 489 g/mol. The van der Waals surface area contributed by atoms with E-state index >= 15 is 0 Å². The van der Waals surface area contributed by atoms with Crippen molar-refractivity contribution in [3.63, 3.8) is 0 Å². The molecule has 8 nitrogen and oxygen atoms in total. The number of nitrogens with one attached hydrogen (secondary N) is 1. The Morgan fingerprint density at radius 3 is 2.31 bits per heavy atom. The fraction of sp³-hybridized carbons (Fsp3) is 0.296. The number of hydrogen-bond donors (Lipinski definition) is 1. The summed E-state index contributed by atoms with van der Waals surface area (Å²) in [7, 11) is 3.24. The molecule has 3 heterocycles. The molecular formula is C27H28FN5O3. The summed E-state index contributed by atoms with van der Waals surface area (Å²) in [5, 5.41) is 3.35. The SMILES string of the molecule is COC1Cn2c(-c3ccnc(NC(C)c4ccccc4)n3)c(-c3ccc(F)cc3)c(=O)n2CC1OC. The third-order valence-corrected chi connectivity index (χ3v) is 6.64. The summed E-state index contributed by atoms with van der Waals surface area (Å²) >= 11 is 0. The number of ether oxygens (including phenoxy) is 2. The Kier molecular flexibility index (Phi) is 6.67. The van der Waals surface area contributed by atoms with E-state index in [-0.39, 0.29) is 29.6 Å². The van der Waals surface area contributed by atoms with Crippen molar-refractivity contribution in [1.82, 2.24) is 19.3 Å². The van der Waals surface area contributed by atoms with Gasteiger partial charge in [0.2, 0.25) is 5.95 Å². The van der Waals surface area contributed by atoms with Crippen molar-refractivity contribution >= 4 is 5.95 Å². The first-order valence-electron chi connectivity index (χ1n) is 11.8. The molecule has 3 unspecified atom stereocenters. The second-order valence-corrected chi connectivity index (χ2v) is 8.79. The molecule has 0 fully saturated rings. The fourth-order valence-electron chi connectivity index (χ4n) is 4.71. The molecule has 0 bridgehead atoms. The van der Waals surface area contributed by atoms with Gasteiger partial charge in [-0.05, 0) is 36.2 Å². The summed E-state index contributed by atoms with van der Waals surface area (Å²) in [5.74, 6) is 0.0717. The lowest BCUT2D eigenvalue weighted by Crippen LogP contribution is -2.46. The van der Waals surface area contributed by atoms with Gasteiger partial charge in [-0.15, -0.1) is 0 Å². The minimum atomic E-state index is -0.369. The van der Waals surface area contributed by atoms with E-state index in [4.69, 9.17) is 14.5 Å². The Morgan fingerprint density at radius 2 is 1.64 bits per heavy atom. The summed E-state index contributed by atoms with van der Waals surface area (Å²) in [6, 6.07) is 17.7. The van der Waals surface area contributed by atoms with Gasteiger partial charge in [-0.2, -0.15) is 0 Å². The third kappa shape index (κ3) is 4.43. The highest BCUT2D eigenvalue weighted by molar-refractivity contribution is 5.79. The normalized spacial score (nSPS) is 18.0. The summed E-state index contributed by atoms with van der Waals surface area (Å²) in [5.41, 5.74) is 3.17. The number of hydrogen-bond acceptors (Lipinski definition) is 6. The molecule has 2 aromatic heterocycles. The van der Waals surface area contributed by atoms with Gasteiger partial charge in [0.15, 0.2) is 0 Å². The number of methoxy groups -OCH3 is 2. The van der Waals surface area contributed by atoms with Gasteiger partial charge in [-0.25, -0.2) is 19.0 Å². The van der Waals surface area contributed by atoms with Crippen LogP contribution >= 0.6 is 0 Å². The largest absolute Gasteiger partial charge is 0.377 e. The molecule has 0 saturated heterocycles. The van der Waals surface area contributed by atoms with Crippen LogP contribution in [0, 0.1) is 5.82 Å². The van der Waals surface area contributed by atoms with Crippen molar-refractivity contribution in [2.45, 2.75) is 38.3 Å². The van der Waals surface area contributed by atoms with E-state index in [1.807, 2.05) is 41.9 Å². The molecule has 1 N–H and O–H groups in total. The minimum absolute atomic E-state index is 0.0240. The first kappa shape index (κ1) is 23.9. The van der Waals surface area contributed by atoms with Crippen LogP contribution in [0.25, 0.3) is 22.5 Å². The maximum absolute atomic E-state index is 13.7. The van der Waals surface area contributed by atoms with Crippen molar-refractivity contribution in [2.24, 2.45) is 0 Å². The molecule has 9 heteroatoms. The number of halogens is 1. The second-order valence-electron chi connectivity index (χ2n) is 8.79. The fourth-order valence-corrected chi connectivity index (χ4v) is 4.71. The summed E-state index contributed by atoms with van der Waals surface area (Å²) < 4.78 is 28.5. The van der Waals surface area contributed by atoms with Crippen molar-refractivity contribution < 1.29 is 13.9 Å². The number of fused-ring (bicyclic) bond motifs is 1. The molecule has 1 aliphatic heterocycles. The van der Waals surface area contributed by atoms with E-state index in [2.05, 4.69) is 10.3 Å². The Labute approximate surface area is 208 Å². The van der Waals surface area contributed by atoms with E-state index < -0.39 is 0 Å². The molecule has 0 radical (unpaired) electrons. The molecule has 36 heavy (non-hydrogen) atoms. The average molecular weight is 490 g/mol. The van der Waals surface area contributed by atoms with E-state index in [9.17, 15) is 9.18 Å². The lowest BCUT2D eigenvalue weighted by Gasteiger charge is -2.32. The Balaban J connectivity index is 1.63. The minimum Gasteiger partial charge on any atom is -0.377 e. The number of anilines is 1. The topological polar surface area (TPSA) is 83.2 Å². The van der Waals surface area contributed by atoms with Crippen LogP contribution < -0.4 is 10.9 Å². The first-order chi connectivity index (χ1) is 17.5. The predicted octanol–water partition coefficient (Wildman–Crippen LogP) is 4.13. The lowest BCUT2D eigenvalue weighted by atomic mass is 10.0. The van der Waals surface area contributed by atoms with Crippen LogP contribution in [0.4, 0.5) is 10.3 Å². The highest BCUT2D eigenvalue weighted by Gasteiger charge is 2.34. The Bertz CT molecular complexity index is 1400. The summed E-state index contributed by atoms with van der Waals surface area (Å²) in [4.78, 5) is 22.9. The van der Waals surface area contributed by atoms with Crippen LogP contribution in [-0.2, 0) is 22.6 Å². The van der Waals surface area contributed by atoms with Gasteiger partial charge in [0.25, 0.3) is 5.56 Å². The molecule has 186 valence electrons. The third-order valence-electron chi connectivity index (χ3n) is 6.64. The standard InChI is InChI=1S/C27H28FN5O3/c1-17(18-7-5-4-6-8-18)30-27-29-14-13-21(31-27)25-24(19-9-11-20(28)12-10-19)26(34)33-16-23(36-3)22(35-2)15-32(25)33/h4-14,17,22-23H,15-16H2,1-3H3,(H,29,30,31). The molecule has 0 saturated carbocycles. The molecule has 0 amide bonds. The highest BCUT2D eigenvalue weighted by Crippen LogP contribution is 2.32. The molecule has 5 rings (SSSR count). The van der Waals surface area contributed by atoms with Gasteiger partial charge >= 0.3 is 0 Å². The number of benzene rings is 2. The zero-order valence-corrected chi connectivity index (χ0v) is 20.4. The number of aromatic nitrogens is 4. The van der Waals surface area contributed by atoms with E-state index in [1.165, 1.54) is 12.1 Å². The summed E-state index contributed by atoms with van der Waals surface area (Å²) in [6.07, 6.45) is 1.14. The van der Waals surface area contributed by atoms with Crippen molar-refractivity contribution in [3.8, 4) is 22.5 Å². The number of nitrogens with zero attached hydrogens (tertiary/aromatic N) is 4. The van der Waals surface area contributed by atoms with Crippen LogP contribution in [0.2, 0.25) is 0 Å². The van der Waals surface area contributed by atoms with Crippen LogP contribution in [-0.4, -0.2) is 45.8 Å². The van der Waals surface area contributed by atoms with Gasteiger partial charge < -0.3 is 14.8 Å². The molecular weight excluding hydrogens is 461 g/mol. The summed E-state index contributed by atoms with van der Waals surface area (Å²) in [6.45, 7) is 2.76. The smallest absolute Gasteiger partial charge is 0.275 e. The molecule has 1 aliphatic rings.